The maximum absolute atomic E-state index is 8.87. The van der Waals surface area contributed by atoms with Crippen LogP contribution in [0, 0.1) is 17.8 Å². The van der Waals surface area contributed by atoms with E-state index in [9.17, 15) is 0 Å². The summed E-state index contributed by atoms with van der Waals surface area (Å²) in [5, 5.41) is 12.3. The van der Waals surface area contributed by atoms with Crippen LogP contribution in [0.15, 0.2) is 0 Å². The third-order valence-electron chi connectivity index (χ3n) is 3.67. The molecule has 1 aliphatic rings. The summed E-state index contributed by atoms with van der Waals surface area (Å²) in [6, 6.07) is 0. The summed E-state index contributed by atoms with van der Waals surface area (Å²) in [5.74, 6) is 2.32. The molecule has 0 aromatic carbocycles. The van der Waals surface area contributed by atoms with E-state index in [1.54, 1.807) is 0 Å². The van der Waals surface area contributed by atoms with Gasteiger partial charge in [-0.1, -0.05) is 39.5 Å². The standard InChI is InChI=1S/C13H27NO/c1-11-3-5-13(6-4-11)7-8-14-9-12(2)10-15/h11-15H,3-10H2,1-2H3. The molecule has 2 nitrogen and oxygen atoms in total. The molecule has 0 aromatic rings. The van der Waals surface area contributed by atoms with E-state index in [4.69, 9.17) is 5.11 Å². The van der Waals surface area contributed by atoms with Gasteiger partial charge in [0.25, 0.3) is 0 Å². The van der Waals surface area contributed by atoms with E-state index in [-0.39, 0.29) is 0 Å². The Kier molecular flexibility index (Phi) is 6.26. The van der Waals surface area contributed by atoms with Crippen molar-refractivity contribution in [3.8, 4) is 0 Å². The number of hydrogen-bond donors (Lipinski definition) is 2. The smallest absolute Gasteiger partial charge is 0.0468 e. The summed E-state index contributed by atoms with van der Waals surface area (Å²) in [6.45, 7) is 6.84. The maximum Gasteiger partial charge on any atom is 0.0468 e. The van der Waals surface area contributed by atoms with Crippen molar-refractivity contribution in [3.05, 3.63) is 0 Å². The molecule has 2 heteroatoms. The van der Waals surface area contributed by atoms with Gasteiger partial charge in [0.2, 0.25) is 0 Å². The predicted molar refractivity (Wildman–Crippen MR) is 64.9 cm³/mol. The Hall–Kier alpha value is -0.0800. The summed E-state index contributed by atoms with van der Waals surface area (Å²) in [4.78, 5) is 0. The number of aliphatic hydroxyl groups is 1. The minimum absolute atomic E-state index is 0.300. The molecule has 15 heavy (non-hydrogen) atoms. The van der Waals surface area contributed by atoms with Crippen molar-refractivity contribution in [2.45, 2.75) is 46.0 Å². The van der Waals surface area contributed by atoms with Crippen LogP contribution < -0.4 is 5.32 Å². The molecule has 90 valence electrons. The molecule has 1 fully saturated rings. The van der Waals surface area contributed by atoms with Crippen LogP contribution in [0.5, 0.6) is 0 Å². The van der Waals surface area contributed by atoms with Crippen LogP contribution in [0.25, 0.3) is 0 Å². The lowest BCUT2D eigenvalue weighted by Crippen LogP contribution is -2.26. The molecule has 0 aromatic heterocycles. The van der Waals surface area contributed by atoms with Gasteiger partial charge in [-0.05, 0) is 37.3 Å². The molecule has 0 bridgehead atoms. The quantitative estimate of drug-likeness (QED) is 0.664. The summed E-state index contributed by atoms with van der Waals surface area (Å²) in [5.41, 5.74) is 0. The maximum atomic E-state index is 8.87. The van der Waals surface area contributed by atoms with Crippen LogP contribution in [0.4, 0.5) is 0 Å². The van der Waals surface area contributed by atoms with Crippen molar-refractivity contribution in [1.29, 1.82) is 0 Å². The van der Waals surface area contributed by atoms with Crippen molar-refractivity contribution >= 4 is 0 Å². The number of rotatable bonds is 6. The van der Waals surface area contributed by atoms with Crippen molar-refractivity contribution in [2.75, 3.05) is 19.7 Å². The molecular weight excluding hydrogens is 186 g/mol. The molecule has 1 atom stereocenters. The zero-order chi connectivity index (χ0) is 11.1. The van der Waals surface area contributed by atoms with Gasteiger partial charge in [0.1, 0.15) is 0 Å². The van der Waals surface area contributed by atoms with E-state index in [0.717, 1.165) is 24.9 Å². The van der Waals surface area contributed by atoms with E-state index in [1.165, 1.54) is 32.1 Å². The zero-order valence-electron chi connectivity index (χ0n) is 10.3. The summed E-state index contributed by atoms with van der Waals surface area (Å²) < 4.78 is 0. The minimum atomic E-state index is 0.300. The number of hydrogen-bond acceptors (Lipinski definition) is 2. The van der Waals surface area contributed by atoms with Crippen LogP contribution in [-0.4, -0.2) is 24.8 Å². The lowest BCUT2D eigenvalue weighted by atomic mass is 9.81. The Bertz CT molecular complexity index is 153. The van der Waals surface area contributed by atoms with E-state index in [2.05, 4.69) is 19.2 Å². The van der Waals surface area contributed by atoms with Gasteiger partial charge in [0.05, 0.1) is 0 Å². The predicted octanol–water partition coefficient (Wildman–Crippen LogP) is 2.42. The Balaban J connectivity index is 1.96. The van der Waals surface area contributed by atoms with Gasteiger partial charge in [-0.15, -0.1) is 0 Å². The third kappa shape index (κ3) is 5.53. The summed E-state index contributed by atoms with van der Waals surface area (Å²) >= 11 is 0. The fourth-order valence-corrected chi connectivity index (χ4v) is 2.34. The first-order valence-corrected chi connectivity index (χ1v) is 6.54. The van der Waals surface area contributed by atoms with Gasteiger partial charge in [-0.3, -0.25) is 0 Å². The minimum Gasteiger partial charge on any atom is -0.396 e. The van der Waals surface area contributed by atoms with Crippen molar-refractivity contribution in [3.63, 3.8) is 0 Å². The van der Waals surface area contributed by atoms with E-state index >= 15 is 0 Å². The molecule has 0 amide bonds. The van der Waals surface area contributed by atoms with E-state index in [0.29, 0.717) is 12.5 Å². The van der Waals surface area contributed by atoms with Crippen molar-refractivity contribution < 1.29 is 5.11 Å². The molecular formula is C13H27NO. The van der Waals surface area contributed by atoms with Crippen LogP contribution in [0.3, 0.4) is 0 Å². The van der Waals surface area contributed by atoms with Gasteiger partial charge in [-0.2, -0.15) is 0 Å². The SMILES string of the molecule is CC1CCC(CCNCC(C)CO)CC1. The van der Waals surface area contributed by atoms with Crippen LogP contribution in [0.1, 0.15) is 46.0 Å². The molecule has 0 aliphatic heterocycles. The molecule has 1 unspecified atom stereocenters. The summed E-state index contributed by atoms with van der Waals surface area (Å²) in [6.07, 6.45) is 7.04. The molecule has 1 rings (SSSR count). The molecule has 0 saturated heterocycles. The lowest BCUT2D eigenvalue weighted by molar-refractivity contribution is 0.230. The van der Waals surface area contributed by atoms with E-state index in [1.807, 2.05) is 0 Å². The van der Waals surface area contributed by atoms with Crippen molar-refractivity contribution in [1.82, 2.24) is 5.32 Å². The Morgan fingerprint density at radius 2 is 1.93 bits per heavy atom. The fraction of sp³-hybridized carbons (Fsp3) is 1.00. The first-order valence-electron chi connectivity index (χ1n) is 6.54. The van der Waals surface area contributed by atoms with Crippen molar-refractivity contribution in [2.24, 2.45) is 17.8 Å². The Labute approximate surface area is 94.5 Å². The fourth-order valence-electron chi connectivity index (χ4n) is 2.34. The Morgan fingerprint density at radius 1 is 1.27 bits per heavy atom. The number of nitrogens with one attached hydrogen (secondary N) is 1. The van der Waals surface area contributed by atoms with Gasteiger partial charge in [-0.25, -0.2) is 0 Å². The monoisotopic (exact) mass is 213 g/mol. The second-order valence-electron chi connectivity index (χ2n) is 5.41. The van der Waals surface area contributed by atoms with Crippen LogP contribution >= 0.6 is 0 Å². The molecule has 1 aliphatic carbocycles. The molecule has 0 radical (unpaired) electrons. The highest BCUT2D eigenvalue weighted by Gasteiger charge is 2.17. The van der Waals surface area contributed by atoms with Gasteiger partial charge in [0, 0.05) is 6.61 Å². The molecule has 0 spiro atoms. The second kappa shape index (κ2) is 7.24. The summed E-state index contributed by atoms with van der Waals surface area (Å²) in [7, 11) is 0. The second-order valence-corrected chi connectivity index (χ2v) is 5.41. The highest BCUT2D eigenvalue weighted by atomic mass is 16.3. The first-order chi connectivity index (χ1) is 7.22. The lowest BCUT2D eigenvalue weighted by Gasteiger charge is -2.26. The van der Waals surface area contributed by atoms with Gasteiger partial charge < -0.3 is 10.4 Å². The van der Waals surface area contributed by atoms with Crippen LogP contribution in [0.2, 0.25) is 0 Å². The normalized spacial score (nSPS) is 29.0. The molecule has 1 saturated carbocycles. The first kappa shape index (κ1) is 13.0. The molecule has 0 heterocycles. The van der Waals surface area contributed by atoms with Gasteiger partial charge in [0.15, 0.2) is 0 Å². The topological polar surface area (TPSA) is 32.3 Å². The number of aliphatic hydroxyl groups excluding tert-OH is 1. The van der Waals surface area contributed by atoms with Crippen LogP contribution in [-0.2, 0) is 0 Å². The average molecular weight is 213 g/mol. The zero-order valence-corrected chi connectivity index (χ0v) is 10.3. The largest absolute Gasteiger partial charge is 0.396 e. The van der Waals surface area contributed by atoms with E-state index < -0.39 is 0 Å². The highest BCUT2D eigenvalue weighted by molar-refractivity contribution is 4.70. The molecule has 2 N–H and O–H groups in total. The highest BCUT2D eigenvalue weighted by Crippen LogP contribution is 2.29. The van der Waals surface area contributed by atoms with Gasteiger partial charge >= 0.3 is 0 Å². The average Bonchev–Trinajstić information content (AvgIpc) is 2.26. The third-order valence-corrected chi connectivity index (χ3v) is 3.67. The Morgan fingerprint density at radius 3 is 2.53 bits per heavy atom.